The summed E-state index contributed by atoms with van der Waals surface area (Å²) in [6.07, 6.45) is -3.35. The Morgan fingerprint density at radius 3 is 2.37 bits per heavy atom. The molecule has 0 aliphatic carbocycles. The maximum atomic E-state index is 10.9. The molecule has 0 spiro atoms. The summed E-state index contributed by atoms with van der Waals surface area (Å²) in [5.41, 5.74) is 14.6. The van der Waals surface area contributed by atoms with Crippen molar-refractivity contribution in [2.24, 2.45) is 5.73 Å². The third-order valence-electron chi connectivity index (χ3n) is 6.25. The number of imidazole rings is 1. The number of carbonyl (C=O) groups is 1. The van der Waals surface area contributed by atoms with E-state index in [1.807, 2.05) is 36.4 Å². The number of fused-ring (bicyclic) bond motifs is 1. The minimum absolute atomic E-state index is 0.152. The second-order valence-electron chi connectivity index (χ2n) is 8.80. The molecule has 5 rings (SSSR count). The molecule has 1 saturated heterocycles. The van der Waals surface area contributed by atoms with Gasteiger partial charge in [-0.3, -0.25) is 9.36 Å². The number of rotatable bonds is 9. The molecule has 38 heavy (non-hydrogen) atoms. The van der Waals surface area contributed by atoms with Gasteiger partial charge in [-0.15, -0.1) is 0 Å². The minimum Gasteiger partial charge on any atom is -0.484 e. The molecule has 8 N–H and O–H groups in total. The van der Waals surface area contributed by atoms with E-state index in [1.165, 1.54) is 10.9 Å². The van der Waals surface area contributed by atoms with Gasteiger partial charge in [0.25, 0.3) is 5.91 Å². The van der Waals surface area contributed by atoms with Gasteiger partial charge in [-0.05, 0) is 28.8 Å². The van der Waals surface area contributed by atoms with Gasteiger partial charge >= 0.3 is 0 Å². The lowest BCUT2D eigenvalue weighted by molar-refractivity contribution is -0.119. The summed E-state index contributed by atoms with van der Waals surface area (Å²) in [5, 5.41) is 33.6. The van der Waals surface area contributed by atoms with Crippen molar-refractivity contribution in [1.82, 2.24) is 19.5 Å². The zero-order valence-corrected chi connectivity index (χ0v) is 20.1. The van der Waals surface area contributed by atoms with E-state index >= 15 is 0 Å². The van der Waals surface area contributed by atoms with E-state index in [2.05, 4.69) is 20.3 Å². The standard InChI is InChI=1S/C25H27N7O6/c26-18(34)11-37-16-7-5-15(6-8-16)14-3-1-13(2-4-14)9-28-25-31-19-22(27)29-12-30-23(19)32(25)24-21(36)20(35)17(10-33)38-24/h1-8,12,17,20-21,24,33,35-36H,9-11H2,(H2,26,34)(H,28,31)(H2,27,29,30)/t17-,20-,21-,24-/m1/s1. The van der Waals surface area contributed by atoms with Gasteiger partial charge in [0, 0.05) is 6.54 Å². The summed E-state index contributed by atoms with van der Waals surface area (Å²) >= 11 is 0. The highest BCUT2D eigenvalue weighted by Crippen LogP contribution is 2.35. The number of primary amides is 1. The number of carbonyl (C=O) groups excluding carboxylic acids is 1. The smallest absolute Gasteiger partial charge is 0.255 e. The van der Waals surface area contributed by atoms with Gasteiger partial charge in [0.05, 0.1) is 6.61 Å². The molecule has 1 aliphatic heterocycles. The number of hydrogen-bond acceptors (Lipinski definition) is 11. The summed E-state index contributed by atoms with van der Waals surface area (Å²) in [7, 11) is 0. The molecule has 198 valence electrons. The Labute approximate surface area is 216 Å². The Hall–Kier alpha value is -4.30. The second-order valence-corrected chi connectivity index (χ2v) is 8.80. The molecule has 4 atom stereocenters. The highest BCUT2D eigenvalue weighted by atomic mass is 16.6. The van der Waals surface area contributed by atoms with Crippen molar-refractivity contribution in [3.63, 3.8) is 0 Å². The van der Waals surface area contributed by atoms with Crippen LogP contribution in [0.4, 0.5) is 11.8 Å². The number of anilines is 2. The predicted molar refractivity (Wildman–Crippen MR) is 137 cm³/mol. The lowest BCUT2D eigenvalue weighted by Gasteiger charge is -2.19. The first-order chi connectivity index (χ1) is 18.4. The van der Waals surface area contributed by atoms with E-state index in [4.69, 9.17) is 20.9 Å². The molecule has 13 nitrogen and oxygen atoms in total. The fourth-order valence-electron chi connectivity index (χ4n) is 4.28. The van der Waals surface area contributed by atoms with Crippen molar-refractivity contribution < 1.29 is 29.6 Å². The first-order valence-electron chi connectivity index (χ1n) is 11.8. The maximum Gasteiger partial charge on any atom is 0.255 e. The molecule has 1 amide bonds. The third-order valence-corrected chi connectivity index (χ3v) is 6.25. The normalized spacial score (nSPS) is 21.0. The quantitative estimate of drug-likeness (QED) is 0.175. The Morgan fingerprint density at radius 2 is 1.74 bits per heavy atom. The molecule has 4 aromatic rings. The van der Waals surface area contributed by atoms with Gasteiger partial charge in [0.2, 0.25) is 5.95 Å². The Morgan fingerprint density at radius 1 is 1.05 bits per heavy atom. The molecule has 0 radical (unpaired) electrons. The van der Waals surface area contributed by atoms with Gasteiger partial charge in [-0.2, -0.15) is 0 Å². The van der Waals surface area contributed by atoms with Crippen LogP contribution in [0.15, 0.2) is 54.9 Å². The number of benzene rings is 2. The predicted octanol–water partition coefficient (Wildman–Crippen LogP) is 0.163. The fourth-order valence-corrected chi connectivity index (χ4v) is 4.28. The van der Waals surface area contributed by atoms with Crippen LogP contribution in [0.5, 0.6) is 5.75 Å². The van der Waals surface area contributed by atoms with Crippen LogP contribution in [0, 0.1) is 0 Å². The summed E-state index contributed by atoms with van der Waals surface area (Å²) in [6.45, 7) is -0.273. The first kappa shape index (κ1) is 25.4. The maximum absolute atomic E-state index is 10.9. The Bertz CT molecular complexity index is 1430. The number of nitrogen functional groups attached to an aromatic ring is 1. The number of nitrogens with one attached hydrogen (secondary N) is 1. The number of amides is 1. The largest absolute Gasteiger partial charge is 0.484 e. The van der Waals surface area contributed by atoms with Gasteiger partial charge < -0.3 is 41.6 Å². The Balaban J connectivity index is 1.34. The van der Waals surface area contributed by atoms with Gasteiger partial charge in [-0.1, -0.05) is 36.4 Å². The highest BCUT2D eigenvalue weighted by Gasteiger charge is 2.45. The summed E-state index contributed by atoms with van der Waals surface area (Å²) < 4.78 is 12.5. The molecule has 2 aromatic heterocycles. The van der Waals surface area contributed by atoms with Gasteiger partial charge in [0.1, 0.15) is 30.4 Å². The van der Waals surface area contributed by atoms with Crippen LogP contribution in [0.1, 0.15) is 11.8 Å². The van der Waals surface area contributed by atoms with E-state index in [-0.39, 0.29) is 12.4 Å². The zero-order chi connectivity index (χ0) is 26.8. The number of hydrogen-bond donors (Lipinski definition) is 6. The number of nitrogens with two attached hydrogens (primary N) is 2. The van der Waals surface area contributed by atoms with Gasteiger partial charge in [0.15, 0.2) is 29.8 Å². The van der Waals surface area contributed by atoms with Crippen molar-refractivity contribution in [2.45, 2.75) is 31.1 Å². The first-order valence-corrected chi connectivity index (χ1v) is 11.8. The molecule has 2 aromatic carbocycles. The Kier molecular flexibility index (Phi) is 7.07. The second kappa shape index (κ2) is 10.6. The summed E-state index contributed by atoms with van der Waals surface area (Å²) in [5.74, 6) is 0.469. The molecule has 1 fully saturated rings. The number of aliphatic hydroxyl groups excluding tert-OH is 3. The van der Waals surface area contributed by atoms with Crippen molar-refractivity contribution in [3.8, 4) is 16.9 Å². The van der Waals surface area contributed by atoms with E-state index in [0.29, 0.717) is 29.4 Å². The van der Waals surface area contributed by atoms with Crippen molar-refractivity contribution in [2.75, 3.05) is 24.3 Å². The van der Waals surface area contributed by atoms with Crippen LogP contribution in [0.2, 0.25) is 0 Å². The van der Waals surface area contributed by atoms with E-state index in [0.717, 1.165) is 16.7 Å². The number of ether oxygens (including phenoxy) is 2. The topological polar surface area (TPSA) is 204 Å². The SMILES string of the molecule is NC(=O)COc1ccc(-c2ccc(CNc3nc4c(N)ncnc4n3[C@@H]3O[C@H](CO)[C@@H](O)[C@H]3O)cc2)cc1. The van der Waals surface area contributed by atoms with Crippen molar-refractivity contribution >= 4 is 28.8 Å². The van der Waals surface area contributed by atoms with E-state index in [1.54, 1.807) is 12.1 Å². The third kappa shape index (κ3) is 4.95. The number of nitrogens with zero attached hydrogens (tertiary/aromatic N) is 4. The zero-order valence-electron chi connectivity index (χ0n) is 20.1. The highest BCUT2D eigenvalue weighted by molar-refractivity contribution is 5.84. The monoisotopic (exact) mass is 521 g/mol. The van der Waals surface area contributed by atoms with Crippen molar-refractivity contribution in [3.05, 3.63) is 60.4 Å². The van der Waals surface area contributed by atoms with Crippen LogP contribution in [-0.2, 0) is 16.1 Å². The minimum atomic E-state index is -1.33. The van der Waals surface area contributed by atoms with Crippen LogP contribution >= 0.6 is 0 Å². The summed E-state index contributed by atoms with van der Waals surface area (Å²) in [6, 6.07) is 15.1. The van der Waals surface area contributed by atoms with E-state index < -0.39 is 37.1 Å². The fraction of sp³-hybridized carbons (Fsp3) is 0.280. The molecular formula is C25H27N7O6. The van der Waals surface area contributed by atoms with Gasteiger partial charge in [-0.25, -0.2) is 15.0 Å². The van der Waals surface area contributed by atoms with Crippen LogP contribution in [0.3, 0.4) is 0 Å². The molecular weight excluding hydrogens is 494 g/mol. The molecule has 0 saturated carbocycles. The number of aliphatic hydroxyl groups is 3. The van der Waals surface area contributed by atoms with Crippen LogP contribution in [-0.4, -0.2) is 72.3 Å². The summed E-state index contributed by atoms with van der Waals surface area (Å²) in [4.78, 5) is 23.6. The van der Waals surface area contributed by atoms with Crippen LogP contribution < -0.4 is 21.5 Å². The molecule has 3 heterocycles. The molecule has 13 heteroatoms. The van der Waals surface area contributed by atoms with Crippen LogP contribution in [0.25, 0.3) is 22.3 Å². The van der Waals surface area contributed by atoms with E-state index in [9.17, 15) is 20.1 Å². The molecule has 0 bridgehead atoms. The lowest BCUT2D eigenvalue weighted by Crippen LogP contribution is -2.33. The average molecular weight is 522 g/mol. The lowest BCUT2D eigenvalue weighted by atomic mass is 10.0. The molecule has 1 aliphatic rings. The van der Waals surface area contributed by atoms with Crippen molar-refractivity contribution in [1.29, 1.82) is 0 Å². The molecule has 0 unspecified atom stereocenters. The average Bonchev–Trinajstić information content (AvgIpc) is 3.44. The number of aromatic nitrogens is 4.